The second kappa shape index (κ2) is 3.93. The molecule has 1 amide bonds. The first-order valence-electron chi connectivity index (χ1n) is 5.23. The molecule has 3 nitrogen and oxygen atoms in total. The molecule has 1 aromatic rings. The Bertz CT molecular complexity index is 385. The molecule has 1 N–H and O–H groups in total. The molecule has 2 rings (SSSR count). The van der Waals surface area contributed by atoms with Crippen LogP contribution in [0.15, 0.2) is 18.2 Å². The number of amides is 1. The minimum absolute atomic E-state index is 0.162. The minimum atomic E-state index is 0.162. The Hall–Kier alpha value is -1.51. The Morgan fingerprint density at radius 3 is 3.00 bits per heavy atom. The van der Waals surface area contributed by atoms with Crippen molar-refractivity contribution in [3.63, 3.8) is 0 Å². The summed E-state index contributed by atoms with van der Waals surface area (Å²) in [4.78, 5) is 13.3. The van der Waals surface area contributed by atoms with Crippen LogP contribution in [0.2, 0.25) is 0 Å². The lowest BCUT2D eigenvalue weighted by atomic mass is 10.0. The normalized spacial score (nSPS) is 13.2. The lowest BCUT2D eigenvalue weighted by Crippen LogP contribution is -2.23. The minimum Gasteiger partial charge on any atom is -0.384 e. The van der Waals surface area contributed by atoms with E-state index in [4.69, 9.17) is 0 Å². The zero-order valence-electron chi connectivity index (χ0n) is 9.21. The summed E-state index contributed by atoms with van der Waals surface area (Å²) in [6.07, 6.45) is 1.55. The maximum atomic E-state index is 11.6. The Balaban J connectivity index is 2.22. The van der Waals surface area contributed by atoms with Gasteiger partial charge in [0, 0.05) is 26.3 Å². The van der Waals surface area contributed by atoms with E-state index in [1.165, 1.54) is 11.3 Å². The standard InChI is InChI=1S/C12H16N2O/c1-14(2)12(15)8-9-4-3-5-11-10(9)6-7-13-11/h3-5,13H,6-8H2,1-2H3. The SMILES string of the molecule is CN(C)C(=O)Cc1cccc2c1CCN2. The van der Waals surface area contributed by atoms with Gasteiger partial charge in [0.15, 0.2) is 0 Å². The predicted octanol–water partition coefficient (Wildman–Crippen LogP) is 1.29. The fraction of sp³-hybridized carbons (Fsp3) is 0.417. The Morgan fingerprint density at radius 2 is 2.27 bits per heavy atom. The maximum Gasteiger partial charge on any atom is 0.226 e. The van der Waals surface area contributed by atoms with Crippen LogP contribution >= 0.6 is 0 Å². The zero-order chi connectivity index (χ0) is 10.8. The second-order valence-corrected chi connectivity index (χ2v) is 4.08. The number of hydrogen-bond acceptors (Lipinski definition) is 2. The molecule has 3 heteroatoms. The summed E-state index contributed by atoms with van der Waals surface area (Å²) < 4.78 is 0. The third-order valence-electron chi connectivity index (χ3n) is 2.80. The number of carbonyl (C=O) groups excluding carboxylic acids is 1. The van der Waals surface area contributed by atoms with Crippen molar-refractivity contribution in [3.05, 3.63) is 29.3 Å². The molecule has 0 aromatic heterocycles. The number of likely N-dealkylation sites (N-methyl/N-ethyl adjacent to an activating group) is 1. The number of hydrogen-bond donors (Lipinski definition) is 1. The van der Waals surface area contributed by atoms with Gasteiger partial charge in [-0.25, -0.2) is 0 Å². The van der Waals surface area contributed by atoms with Gasteiger partial charge in [0.1, 0.15) is 0 Å². The lowest BCUT2D eigenvalue weighted by molar-refractivity contribution is -0.127. The first-order chi connectivity index (χ1) is 7.18. The second-order valence-electron chi connectivity index (χ2n) is 4.08. The number of anilines is 1. The highest BCUT2D eigenvalue weighted by Gasteiger charge is 2.16. The van der Waals surface area contributed by atoms with E-state index in [2.05, 4.69) is 11.4 Å². The maximum absolute atomic E-state index is 11.6. The topological polar surface area (TPSA) is 32.3 Å². The summed E-state index contributed by atoms with van der Waals surface area (Å²) in [6, 6.07) is 6.13. The van der Waals surface area contributed by atoms with E-state index in [1.54, 1.807) is 19.0 Å². The molecular formula is C12H16N2O. The van der Waals surface area contributed by atoms with Crippen LogP contribution in [0, 0.1) is 0 Å². The molecule has 15 heavy (non-hydrogen) atoms. The Labute approximate surface area is 90.1 Å². The van der Waals surface area contributed by atoms with Crippen LogP contribution in [-0.4, -0.2) is 31.4 Å². The molecule has 1 aliphatic rings. The summed E-state index contributed by atoms with van der Waals surface area (Å²) in [7, 11) is 3.59. The van der Waals surface area contributed by atoms with Gasteiger partial charge in [0.2, 0.25) is 5.91 Å². The van der Waals surface area contributed by atoms with Crippen molar-refractivity contribution in [1.82, 2.24) is 4.90 Å². The zero-order valence-corrected chi connectivity index (χ0v) is 9.21. The molecule has 0 unspecified atom stereocenters. The molecule has 0 fully saturated rings. The quantitative estimate of drug-likeness (QED) is 0.787. The van der Waals surface area contributed by atoms with E-state index >= 15 is 0 Å². The Kier molecular flexibility index (Phi) is 2.62. The fourth-order valence-electron chi connectivity index (χ4n) is 1.90. The number of fused-ring (bicyclic) bond motifs is 1. The van der Waals surface area contributed by atoms with Gasteiger partial charge in [-0.1, -0.05) is 12.1 Å². The number of nitrogens with zero attached hydrogens (tertiary/aromatic N) is 1. The molecule has 0 saturated carbocycles. The average Bonchev–Trinajstić information content (AvgIpc) is 2.66. The molecule has 0 spiro atoms. The van der Waals surface area contributed by atoms with Crippen LogP contribution < -0.4 is 5.32 Å². The van der Waals surface area contributed by atoms with E-state index in [0.29, 0.717) is 6.42 Å². The van der Waals surface area contributed by atoms with Crippen molar-refractivity contribution >= 4 is 11.6 Å². The predicted molar refractivity (Wildman–Crippen MR) is 61.0 cm³/mol. The number of rotatable bonds is 2. The van der Waals surface area contributed by atoms with E-state index < -0.39 is 0 Å². The largest absolute Gasteiger partial charge is 0.384 e. The lowest BCUT2D eigenvalue weighted by Gasteiger charge is -2.12. The average molecular weight is 204 g/mol. The molecule has 1 aromatic carbocycles. The van der Waals surface area contributed by atoms with E-state index in [0.717, 1.165) is 18.5 Å². The molecule has 0 bridgehead atoms. The van der Waals surface area contributed by atoms with Crippen molar-refractivity contribution in [3.8, 4) is 0 Å². The Morgan fingerprint density at radius 1 is 1.47 bits per heavy atom. The first-order valence-corrected chi connectivity index (χ1v) is 5.23. The first kappa shape index (κ1) is 10.0. The van der Waals surface area contributed by atoms with Crippen LogP contribution in [0.5, 0.6) is 0 Å². The van der Waals surface area contributed by atoms with Crippen LogP contribution in [-0.2, 0) is 17.6 Å². The fourth-order valence-corrected chi connectivity index (χ4v) is 1.90. The van der Waals surface area contributed by atoms with Gasteiger partial charge in [-0.2, -0.15) is 0 Å². The number of nitrogens with one attached hydrogen (secondary N) is 1. The van der Waals surface area contributed by atoms with Gasteiger partial charge in [0.25, 0.3) is 0 Å². The summed E-state index contributed by atoms with van der Waals surface area (Å²) in [5, 5.41) is 3.32. The van der Waals surface area contributed by atoms with E-state index in [9.17, 15) is 4.79 Å². The van der Waals surface area contributed by atoms with Crippen molar-refractivity contribution < 1.29 is 4.79 Å². The van der Waals surface area contributed by atoms with E-state index in [1.807, 2.05) is 12.1 Å². The highest BCUT2D eigenvalue weighted by atomic mass is 16.2. The molecular weight excluding hydrogens is 188 g/mol. The van der Waals surface area contributed by atoms with E-state index in [-0.39, 0.29) is 5.91 Å². The molecule has 0 saturated heterocycles. The molecule has 0 radical (unpaired) electrons. The summed E-state index contributed by atoms with van der Waals surface area (Å²) in [5.74, 6) is 0.162. The van der Waals surface area contributed by atoms with Crippen LogP contribution in [0.4, 0.5) is 5.69 Å². The van der Waals surface area contributed by atoms with Crippen molar-refractivity contribution in [1.29, 1.82) is 0 Å². The highest BCUT2D eigenvalue weighted by molar-refractivity contribution is 5.79. The van der Waals surface area contributed by atoms with Crippen molar-refractivity contribution in [2.75, 3.05) is 26.0 Å². The smallest absolute Gasteiger partial charge is 0.226 e. The van der Waals surface area contributed by atoms with Gasteiger partial charge in [-0.3, -0.25) is 4.79 Å². The number of benzene rings is 1. The molecule has 1 aliphatic heterocycles. The van der Waals surface area contributed by atoms with Crippen LogP contribution in [0.1, 0.15) is 11.1 Å². The van der Waals surface area contributed by atoms with Crippen molar-refractivity contribution in [2.24, 2.45) is 0 Å². The molecule has 0 atom stereocenters. The molecule has 1 heterocycles. The third-order valence-corrected chi connectivity index (χ3v) is 2.80. The van der Waals surface area contributed by atoms with Crippen LogP contribution in [0.25, 0.3) is 0 Å². The van der Waals surface area contributed by atoms with Gasteiger partial charge in [-0.15, -0.1) is 0 Å². The monoisotopic (exact) mass is 204 g/mol. The van der Waals surface area contributed by atoms with Gasteiger partial charge in [0.05, 0.1) is 6.42 Å². The summed E-state index contributed by atoms with van der Waals surface area (Å²) >= 11 is 0. The summed E-state index contributed by atoms with van der Waals surface area (Å²) in [6.45, 7) is 0.989. The van der Waals surface area contributed by atoms with Crippen LogP contribution in [0.3, 0.4) is 0 Å². The number of carbonyl (C=O) groups is 1. The van der Waals surface area contributed by atoms with Crippen molar-refractivity contribution in [2.45, 2.75) is 12.8 Å². The van der Waals surface area contributed by atoms with Gasteiger partial charge < -0.3 is 10.2 Å². The summed E-state index contributed by atoms with van der Waals surface area (Å²) in [5.41, 5.74) is 3.67. The molecule has 0 aliphatic carbocycles. The van der Waals surface area contributed by atoms with Gasteiger partial charge >= 0.3 is 0 Å². The third kappa shape index (κ3) is 1.96. The highest BCUT2D eigenvalue weighted by Crippen LogP contribution is 2.25. The molecule has 80 valence electrons. The van der Waals surface area contributed by atoms with Gasteiger partial charge in [-0.05, 0) is 23.6 Å².